The van der Waals surface area contributed by atoms with Gasteiger partial charge in [0.05, 0.1) is 12.8 Å². The summed E-state index contributed by atoms with van der Waals surface area (Å²) in [7, 11) is 1.67. The maximum atomic E-state index is 5.95. The largest absolute Gasteiger partial charge is 0.495 e. The van der Waals surface area contributed by atoms with E-state index >= 15 is 0 Å². The van der Waals surface area contributed by atoms with Gasteiger partial charge in [0.15, 0.2) is 0 Å². The first-order chi connectivity index (χ1) is 6.46. The minimum atomic E-state index is 0.0929. The van der Waals surface area contributed by atoms with Crippen LogP contribution >= 0.6 is 0 Å². The Morgan fingerprint density at radius 3 is 2.36 bits per heavy atom. The van der Waals surface area contributed by atoms with Gasteiger partial charge in [-0.2, -0.15) is 0 Å². The third-order valence-electron chi connectivity index (χ3n) is 3.06. The fourth-order valence-corrected chi connectivity index (χ4v) is 2.50. The maximum Gasteiger partial charge on any atom is 0.138 e. The van der Waals surface area contributed by atoms with Crippen LogP contribution in [0.5, 0.6) is 0 Å². The van der Waals surface area contributed by atoms with Crippen molar-refractivity contribution in [1.82, 2.24) is 0 Å². The molecule has 0 spiro atoms. The zero-order valence-corrected chi connectivity index (χ0v) is 9.00. The van der Waals surface area contributed by atoms with Gasteiger partial charge in [-0.25, -0.2) is 0 Å². The minimum absolute atomic E-state index is 0.0929. The summed E-state index contributed by atoms with van der Waals surface area (Å²) in [5.41, 5.74) is 6.89. The van der Waals surface area contributed by atoms with Crippen molar-refractivity contribution in [1.29, 1.82) is 0 Å². The minimum Gasteiger partial charge on any atom is -0.495 e. The van der Waals surface area contributed by atoms with Gasteiger partial charge in [-0.3, -0.25) is 0 Å². The van der Waals surface area contributed by atoms with Gasteiger partial charge < -0.3 is 10.5 Å². The van der Waals surface area contributed by atoms with Crippen molar-refractivity contribution in [2.75, 3.05) is 7.11 Å². The van der Waals surface area contributed by atoms with Crippen LogP contribution < -0.4 is 5.73 Å². The zero-order chi connectivity index (χ0) is 10.4. The highest BCUT2D eigenvalue weighted by atomic mass is 16.5. The molecule has 0 saturated carbocycles. The lowest BCUT2D eigenvalue weighted by molar-refractivity contribution is 0.293. The van der Waals surface area contributed by atoms with E-state index in [-0.39, 0.29) is 10.8 Å². The lowest BCUT2D eigenvalue weighted by Crippen LogP contribution is -2.13. The number of fused-ring (bicyclic) bond motifs is 2. The first-order valence-electron chi connectivity index (χ1n) is 4.92. The van der Waals surface area contributed by atoms with E-state index in [4.69, 9.17) is 10.5 Å². The molecule has 0 aromatic carbocycles. The number of hydrogen-bond acceptors (Lipinski definition) is 2. The van der Waals surface area contributed by atoms with Crippen LogP contribution in [-0.4, -0.2) is 7.11 Å². The first kappa shape index (κ1) is 9.38. The summed E-state index contributed by atoms with van der Waals surface area (Å²) in [5, 5.41) is 0. The Labute approximate surface area is 85.1 Å². The molecule has 2 aliphatic carbocycles. The van der Waals surface area contributed by atoms with Gasteiger partial charge in [0.25, 0.3) is 0 Å². The van der Waals surface area contributed by atoms with Crippen molar-refractivity contribution < 1.29 is 4.74 Å². The molecule has 0 aromatic rings. The molecule has 2 unspecified atom stereocenters. The summed E-state index contributed by atoms with van der Waals surface area (Å²) in [6.07, 6.45) is 9.77. The van der Waals surface area contributed by atoms with E-state index < -0.39 is 0 Å². The van der Waals surface area contributed by atoms with Crippen molar-refractivity contribution in [2.24, 2.45) is 16.6 Å². The molecule has 2 nitrogen and oxygen atoms in total. The molecule has 0 saturated heterocycles. The molecule has 0 radical (unpaired) electrons. The van der Waals surface area contributed by atoms with Gasteiger partial charge in [-0.05, 0) is 18.6 Å². The zero-order valence-electron chi connectivity index (χ0n) is 9.00. The van der Waals surface area contributed by atoms with Crippen molar-refractivity contribution in [3.63, 3.8) is 0 Å². The van der Waals surface area contributed by atoms with Crippen LogP contribution in [0, 0.1) is 10.8 Å². The molecule has 2 bridgehead atoms. The number of allylic oxidation sites excluding steroid dienone is 4. The van der Waals surface area contributed by atoms with E-state index in [0.29, 0.717) is 0 Å². The van der Waals surface area contributed by atoms with Gasteiger partial charge in [0, 0.05) is 10.8 Å². The summed E-state index contributed by atoms with van der Waals surface area (Å²) >= 11 is 0. The predicted molar refractivity (Wildman–Crippen MR) is 57.3 cm³/mol. The Balaban J connectivity index is 2.51. The van der Waals surface area contributed by atoms with Crippen LogP contribution in [0.2, 0.25) is 0 Å². The van der Waals surface area contributed by atoms with Crippen molar-refractivity contribution >= 4 is 0 Å². The molecule has 2 N–H and O–H groups in total. The molecular weight excluding hydrogens is 174 g/mol. The molecular formula is C12H17NO. The molecule has 2 rings (SSSR count). The molecule has 76 valence electrons. The molecule has 14 heavy (non-hydrogen) atoms. The molecule has 0 amide bonds. The third-order valence-corrected chi connectivity index (χ3v) is 3.06. The average Bonchev–Trinajstić information content (AvgIpc) is 2.33. The Morgan fingerprint density at radius 1 is 1.21 bits per heavy atom. The van der Waals surface area contributed by atoms with Crippen LogP contribution in [0.15, 0.2) is 35.8 Å². The summed E-state index contributed by atoms with van der Waals surface area (Å²) in [6, 6.07) is 0. The van der Waals surface area contributed by atoms with Crippen LogP contribution in [0.25, 0.3) is 0 Å². The van der Waals surface area contributed by atoms with Crippen LogP contribution in [-0.2, 0) is 4.74 Å². The van der Waals surface area contributed by atoms with Gasteiger partial charge >= 0.3 is 0 Å². The van der Waals surface area contributed by atoms with E-state index in [0.717, 1.165) is 17.9 Å². The molecule has 2 atom stereocenters. The fourth-order valence-electron chi connectivity index (χ4n) is 2.50. The summed E-state index contributed by atoms with van der Waals surface area (Å²) in [5.74, 6) is 0.806. The lowest BCUT2D eigenvalue weighted by Gasteiger charge is -2.22. The number of methoxy groups -OCH3 is 1. The molecule has 2 aliphatic rings. The Morgan fingerprint density at radius 2 is 1.79 bits per heavy atom. The SMILES string of the molecule is COC1=CC2(C)C=CC(C)(C=C1N)C2. The highest BCUT2D eigenvalue weighted by molar-refractivity contribution is 5.38. The van der Waals surface area contributed by atoms with Crippen molar-refractivity contribution in [3.8, 4) is 0 Å². The molecule has 0 heterocycles. The first-order valence-corrected chi connectivity index (χ1v) is 4.92. The summed E-state index contributed by atoms with van der Waals surface area (Å²) in [4.78, 5) is 0. The van der Waals surface area contributed by atoms with E-state index in [2.05, 4.69) is 38.2 Å². The quantitative estimate of drug-likeness (QED) is 0.646. The molecule has 0 aliphatic heterocycles. The Hall–Kier alpha value is -1.18. The normalized spacial score (nSPS) is 40.2. The van der Waals surface area contributed by atoms with Gasteiger partial charge in [-0.15, -0.1) is 0 Å². The van der Waals surface area contributed by atoms with Crippen LogP contribution in [0.1, 0.15) is 20.3 Å². The number of ether oxygens (including phenoxy) is 1. The molecule has 0 aromatic heterocycles. The van der Waals surface area contributed by atoms with E-state index in [1.165, 1.54) is 0 Å². The third kappa shape index (κ3) is 1.35. The van der Waals surface area contributed by atoms with E-state index in [1.54, 1.807) is 7.11 Å². The topological polar surface area (TPSA) is 35.2 Å². The van der Waals surface area contributed by atoms with Gasteiger partial charge in [0.2, 0.25) is 0 Å². The number of rotatable bonds is 1. The van der Waals surface area contributed by atoms with Crippen molar-refractivity contribution in [2.45, 2.75) is 20.3 Å². The van der Waals surface area contributed by atoms with Crippen molar-refractivity contribution in [3.05, 3.63) is 35.8 Å². The monoisotopic (exact) mass is 191 g/mol. The summed E-state index contributed by atoms with van der Waals surface area (Å²) < 4.78 is 5.28. The van der Waals surface area contributed by atoms with E-state index in [9.17, 15) is 0 Å². The number of nitrogens with two attached hydrogens (primary N) is 1. The Bertz CT molecular complexity index is 353. The lowest BCUT2D eigenvalue weighted by atomic mass is 9.81. The van der Waals surface area contributed by atoms with Gasteiger partial charge in [-0.1, -0.05) is 26.0 Å². The average molecular weight is 191 g/mol. The highest BCUT2D eigenvalue weighted by Gasteiger charge is 2.38. The fraction of sp³-hybridized carbons (Fsp3) is 0.500. The second kappa shape index (κ2) is 2.66. The predicted octanol–water partition coefficient (Wildman–Crippen LogP) is 2.35. The summed E-state index contributed by atoms with van der Waals surface area (Å²) in [6.45, 7) is 4.41. The van der Waals surface area contributed by atoms with Crippen LogP contribution in [0.3, 0.4) is 0 Å². The second-order valence-electron chi connectivity index (χ2n) is 4.83. The maximum absolute atomic E-state index is 5.95. The molecule has 2 heteroatoms. The van der Waals surface area contributed by atoms with Gasteiger partial charge in [0.1, 0.15) is 5.76 Å². The van der Waals surface area contributed by atoms with E-state index in [1.807, 2.05) is 0 Å². The molecule has 0 fully saturated rings. The highest BCUT2D eigenvalue weighted by Crippen LogP contribution is 2.48. The standard InChI is InChI=1S/C12H17NO/c1-11-4-5-12(2,8-11)7-10(14-3)9(13)6-11/h4-7H,8,13H2,1-3H3. The Kier molecular flexibility index (Phi) is 1.78. The number of hydrogen-bond donors (Lipinski definition) is 1. The smallest absolute Gasteiger partial charge is 0.138 e. The van der Waals surface area contributed by atoms with Crippen LogP contribution in [0.4, 0.5) is 0 Å². The second-order valence-corrected chi connectivity index (χ2v) is 4.83.